The smallest absolute Gasteiger partial charge is 0.256 e. The molecular formula is C25H24BrN3O2. The van der Waals surface area contributed by atoms with E-state index in [4.69, 9.17) is 0 Å². The van der Waals surface area contributed by atoms with Crippen LogP contribution in [0.1, 0.15) is 39.1 Å². The van der Waals surface area contributed by atoms with E-state index in [9.17, 15) is 9.59 Å². The summed E-state index contributed by atoms with van der Waals surface area (Å²) in [5, 5.41) is 5.88. The molecule has 1 aliphatic heterocycles. The van der Waals surface area contributed by atoms with Crippen LogP contribution in [0.2, 0.25) is 0 Å². The molecule has 1 heterocycles. The summed E-state index contributed by atoms with van der Waals surface area (Å²) in [4.78, 5) is 28.0. The van der Waals surface area contributed by atoms with Gasteiger partial charge in [-0.3, -0.25) is 9.59 Å². The van der Waals surface area contributed by atoms with Crippen LogP contribution >= 0.6 is 15.9 Å². The molecule has 1 aliphatic rings. The molecule has 2 N–H and O–H groups in total. The highest BCUT2D eigenvalue weighted by Gasteiger charge is 2.18. The van der Waals surface area contributed by atoms with E-state index >= 15 is 0 Å². The summed E-state index contributed by atoms with van der Waals surface area (Å²) < 4.78 is 0.702. The van der Waals surface area contributed by atoms with Crippen LogP contribution in [0.5, 0.6) is 0 Å². The fraction of sp³-hybridized carbons (Fsp3) is 0.200. The lowest BCUT2D eigenvalue weighted by Crippen LogP contribution is -2.26. The van der Waals surface area contributed by atoms with Crippen LogP contribution in [-0.4, -0.2) is 24.9 Å². The fourth-order valence-corrected chi connectivity index (χ4v) is 4.29. The molecule has 1 fully saturated rings. The standard InChI is InChI=1S/C25H24BrN3O2/c26-21-12-4-2-10-19(21)25(31)28-22-13-5-3-11-20(22)24(30)27-17-18-9-1-6-14-23(18)29-15-7-8-16-29/h1-6,9-14H,7-8,15-17H2,(H,27,30)(H,28,31). The minimum atomic E-state index is -0.271. The molecule has 0 bridgehead atoms. The van der Waals surface area contributed by atoms with Crippen LogP contribution in [0.3, 0.4) is 0 Å². The fourth-order valence-electron chi connectivity index (χ4n) is 3.82. The van der Waals surface area contributed by atoms with E-state index in [2.05, 4.69) is 43.6 Å². The SMILES string of the molecule is O=C(Nc1ccccc1C(=O)NCc1ccccc1N1CCCC1)c1ccccc1Br. The predicted octanol–water partition coefficient (Wildman–Crippen LogP) is 5.23. The summed E-state index contributed by atoms with van der Waals surface area (Å²) in [6, 6.07) is 22.4. The van der Waals surface area contributed by atoms with E-state index in [1.165, 1.54) is 18.5 Å². The number of nitrogens with zero attached hydrogens (tertiary/aromatic N) is 1. The van der Waals surface area contributed by atoms with Crippen molar-refractivity contribution in [2.75, 3.05) is 23.3 Å². The summed E-state index contributed by atoms with van der Waals surface area (Å²) in [5.41, 5.74) is 3.69. The Morgan fingerprint density at radius 2 is 1.45 bits per heavy atom. The van der Waals surface area contributed by atoms with Gasteiger partial charge < -0.3 is 15.5 Å². The Morgan fingerprint density at radius 3 is 2.23 bits per heavy atom. The van der Waals surface area contributed by atoms with Gasteiger partial charge in [0.25, 0.3) is 11.8 Å². The molecular weight excluding hydrogens is 454 g/mol. The molecule has 31 heavy (non-hydrogen) atoms. The highest BCUT2D eigenvalue weighted by atomic mass is 79.9. The Hall–Kier alpha value is -3.12. The van der Waals surface area contributed by atoms with Crippen molar-refractivity contribution < 1.29 is 9.59 Å². The number of nitrogens with one attached hydrogen (secondary N) is 2. The predicted molar refractivity (Wildman–Crippen MR) is 128 cm³/mol. The number of benzene rings is 3. The van der Waals surface area contributed by atoms with Crippen molar-refractivity contribution in [3.63, 3.8) is 0 Å². The lowest BCUT2D eigenvalue weighted by molar-refractivity contribution is 0.0952. The summed E-state index contributed by atoms with van der Waals surface area (Å²) in [5.74, 6) is -0.494. The molecule has 3 aromatic rings. The molecule has 2 amide bonds. The number of hydrogen-bond donors (Lipinski definition) is 2. The largest absolute Gasteiger partial charge is 0.371 e. The quantitative estimate of drug-likeness (QED) is 0.510. The van der Waals surface area contributed by atoms with Crippen LogP contribution in [0.15, 0.2) is 77.3 Å². The van der Waals surface area contributed by atoms with Crippen molar-refractivity contribution in [1.29, 1.82) is 0 Å². The third-order valence-electron chi connectivity index (χ3n) is 5.42. The van der Waals surface area contributed by atoms with Gasteiger partial charge in [0, 0.05) is 29.8 Å². The van der Waals surface area contributed by atoms with Gasteiger partial charge in [0.2, 0.25) is 0 Å². The van der Waals surface area contributed by atoms with Gasteiger partial charge in [-0.25, -0.2) is 0 Å². The number of hydrogen-bond acceptors (Lipinski definition) is 3. The van der Waals surface area contributed by atoms with Gasteiger partial charge >= 0.3 is 0 Å². The first-order valence-electron chi connectivity index (χ1n) is 10.4. The van der Waals surface area contributed by atoms with E-state index in [0.717, 1.165) is 18.7 Å². The lowest BCUT2D eigenvalue weighted by atomic mass is 10.1. The van der Waals surface area contributed by atoms with E-state index in [0.29, 0.717) is 27.8 Å². The Bertz CT molecular complexity index is 1090. The third-order valence-corrected chi connectivity index (χ3v) is 6.11. The number of halogens is 1. The Labute approximate surface area is 190 Å². The van der Waals surface area contributed by atoms with Crippen molar-refractivity contribution in [2.24, 2.45) is 0 Å². The topological polar surface area (TPSA) is 61.4 Å². The highest BCUT2D eigenvalue weighted by molar-refractivity contribution is 9.10. The third kappa shape index (κ3) is 4.97. The molecule has 0 radical (unpaired) electrons. The van der Waals surface area contributed by atoms with Gasteiger partial charge in [-0.05, 0) is 64.7 Å². The molecule has 4 rings (SSSR count). The minimum Gasteiger partial charge on any atom is -0.371 e. The average molecular weight is 478 g/mol. The second-order valence-corrected chi connectivity index (χ2v) is 8.34. The molecule has 6 heteroatoms. The maximum absolute atomic E-state index is 13.0. The summed E-state index contributed by atoms with van der Waals surface area (Å²) >= 11 is 3.40. The number of rotatable bonds is 6. The lowest BCUT2D eigenvalue weighted by Gasteiger charge is -2.21. The Kier molecular flexibility index (Phi) is 6.67. The van der Waals surface area contributed by atoms with Gasteiger partial charge in [0.1, 0.15) is 0 Å². The zero-order valence-electron chi connectivity index (χ0n) is 17.1. The number of carbonyl (C=O) groups excluding carboxylic acids is 2. The molecule has 1 saturated heterocycles. The number of para-hydroxylation sites is 2. The first kappa shape index (κ1) is 21.1. The first-order valence-corrected chi connectivity index (χ1v) is 11.2. The van der Waals surface area contributed by atoms with E-state index in [1.54, 1.807) is 36.4 Å². The van der Waals surface area contributed by atoms with Crippen molar-refractivity contribution in [1.82, 2.24) is 5.32 Å². The monoisotopic (exact) mass is 477 g/mol. The molecule has 5 nitrogen and oxygen atoms in total. The number of carbonyl (C=O) groups is 2. The van der Waals surface area contributed by atoms with Crippen molar-refractivity contribution in [3.8, 4) is 0 Å². The van der Waals surface area contributed by atoms with Crippen molar-refractivity contribution >= 4 is 39.1 Å². The minimum absolute atomic E-state index is 0.223. The normalized spacial score (nSPS) is 13.1. The van der Waals surface area contributed by atoms with Gasteiger partial charge in [-0.1, -0.05) is 42.5 Å². The first-order chi connectivity index (χ1) is 15.1. The zero-order valence-corrected chi connectivity index (χ0v) is 18.7. The highest BCUT2D eigenvalue weighted by Crippen LogP contribution is 2.25. The van der Waals surface area contributed by atoms with Crippen molar-refractivity contribution in [2.45, 2.75) is 19.4 Å². The summed E-state index contributed by atoms with van der Waals surface area (Å²) in [7, 11) is 0. The van der Waals surface area contributed by atoms with Gasteiger partial charge in [0.05, 0.1) is 16.8 Å². The summed E-state index contributed by atoms with van der Waals surface area (Å²) in [6.45, 7) is 2.53. The molecule has 0 aliphatic carbocycles. The van der Waals surface area contributed by atoms with Gasteiger partial charge in [-0.15, -0.1) is 0 Å². The number of amides is 2. The molecule has 0 spiro atoms. The van der Waals surface area contributed by atoms with Gasteiger partial charge in [-0.2, -0.15) is 0 Å². The number of anilines is 2. The van der Waals surface area contributed by atoms with Crippen LogP contribution in [0.4, 0.5) is 11.4 Å². The van der Waals surface area contributed by atoms with Crippen molar-refractivity contribution in [3.05, 3.63) is 94.0 Å². The molecule has 0 saturated carbocycles. The van der Waals surface area contributed by atoms with Gasteiger partial charge in [0.15, 0.2) is 0 Å². The van der Waals surface area contributed by atoms with E-state index in [1.807, 2.05) is 24.3 Å². The molecule has 3 aromatic carbocycles. The Balaban J connectivity index is 1.48. The van der Waals surface area contributed by atoms with E-state index in [-0.39, 0.29) is 11.8 Å². The zero-order chi connectivity index (χ0) is 21.6. The second-order valence-electron chi connectivity index (χ2n) is 7.49. The second kappa shape index (κ2) is 9.79. The maximum atomic E-state index is 13.0. The van der Waals surface area contributed by atoms with E-state index < -0.39 is 0 Å². The Morgan fingerprint density at radius 1 is 0.806 bits per heavy atom. The van der Waals surface area contributed by atoms with Crippen LogP contribution < -0.4 is 15.5 Å². The van der Waals surface area contributed by atoms with Crippen LogP contribution in [0.25, 0.3) is 0 Å². The van der Waals surface area contributed by atoms with Crippen LogP contribution in [0, 0.1) is 0 Å². The molecule has 0 atom stereocenters. The van der Waals surface area contributed by atoms with Crippen LogP contribution in [-0.2, 0) is 6.54 Å². The average Bonchev–Trinajstić information content (AvgIpc) is 3.33. The molecule has 158 valence electrons. The molecule has 0 unspecified atom stereocenters. The summed E-state index contributed by atoms with van der Waals surface area (Å²) in [6.07, 6.45) is 2.40. The maximum Gasteiger partial charge on any atom is 0.256 e. The molecule has 0 aromatic heterocycles.